The number of para-hydroxylation sites is 1. The fraction of sp³-hybridized carbons (Fsp3) is 0.143. The van der Waals surface area contributed by atoms with Crippen LogP contribution in [0.15, 0.2) is 96.4 Å². The first-order valence-electron chi connectivity index (χ1n) is 11.3. The maximum Gasteiger partial charge on any atom is 0.337 e. The van der Waals surface area contributed by atoms with E-state index in [0.717, 1.165) is 5.56 Å². The van der Waals surface area contributed by atoms with E-state index < -0.39 is 12.6 Å². The van der Waals surface area contributed by atoms with Crippen molar-refractivity contribution in [3.05, 3.63) is 119 Å². The number of carbonyl (C=O) groups is 1. The summed E-state index contributed by atoms with van der Waals surface area (Å²) in [5.74, 6) is -0.185. The van der Waals surface area contributed by atoms with Gasteiger partial charge in [0.15, 0.2) is 0 Å². The number of oxime groups is 1. The van der Waals surface area contributed by atoms with Crippen LogP contribution in [-0.4, -0.2) is 34.6 Å². The minimum Gasteiger partial charge on any atom is -0.478 e. The molecule has 0 aliphatic carbocycles. The Labute approximate surface area is 207 Å². The van der Waals surface area contributed by atoms with Gasteiger partial charge in [-0.05, 0) is 53.9 Å². The third-order valence-electron chi connectivity index (χ3n) is 5.32. The first-order chi connectivity index (χ1) is 17.5. The fourth-order valence-electron chi connectivity index (χ4n) is 3.67. The maximum absolute atomic E-state index is 13.3. The number of aromatic carboxylic acids is 1. The Bertz CT molecular complexity index is 1340. The number of halogens is 2. The van der Waals surface area contributed by atoms with E-state index in [0.29, 0.717) is 34.8 Å². The predicted octanol–water partition coefficient (Wildman–Crippen LogP) is 6.10. The Hall–Kier alpha value is -4.46. The normalized spacial score (nSPS) is 11.3. The highest BCUT2D eigenvalue weighted by Gasteiger charge is 2.16. The second-order valence-corrected chi connectivity index (χ2v) is 7.98. The van der Waals surface area contributed by atoms with Crippen LogP contribution in [0.1, 0.15) is 27.0 Å². The zero-order chi connectivity index (χ0) is 25.3. The molecule has 0 unspecified atom stereocenters. The SMILES string of the molecule is O=C(O)c1cn(C/C(=N\OCCF)c2cccc(Oc3ccccc3)c2)cc1Cc1ccc(F)cc1. The van der Waals surface area contributed by atoms with E-state index in [-0.39, 0.29) is 24.5 Å². The van der Waals surface area contributed by atoms with Gasteiger partial charge in [0.05, 0.1) is 12.1 Å². The molecule has 4 rings (SSSR count). The van der Waals surface area contributed by atoms with Crippen LogP contribution in [0.4, 0.5) is 8.78 Å². The molecule has 0 fully saturated rings. The number of hydrogen-bond donors (Lipinski definition) is 1. The zero-order valence-electron chi connectivity index (χ0n) is 19.3. The Balaban J connectivity index is 1.60. The van der Waals surface area contributed by atoms with Crippen molar-refractivity contribution in [2.75, 3.05) is 13.3 Å². The van der Waals surface area contributed by atoms with Gasteiger partial charge in [-0.25, -0.2) is 13.6 Å². The average molecular weight is 491 g/mol. The first-order valence-corrected chi connectivity index (χ1v) is 11.3. The zero-order valence-corrected chi connectivity index (χ0v) is 19.3. The monoisotopic (exact) mass is 490 g/mol. The van der Waals surface area contributed by atoms with Crippen molar-refractivity contribution < 1.29 is 28.3 Å². The minimum absolute atomic E-state index is 0.129. The Kier molecular flexibility index (Phi) is 8.08. The quantitative estimate of drug-likeness (QED) is 0.157. The van der Waals surface area contributed by atoms with Crippen molar-refractivity contribution in [2.45, 2.75) is 13.0 Å². The standard InChI is InChI=1S/C28H24F2N2O4/c29-13-14-35-31-27(21-5-4-8-25(16-21)36-24-6-2-1-3-7-24)19-32-17-22(26(18-32)28(33)34)15-20-9-11-23(30)12-10-20/h1-12,16-18H,13-15,19H2,(H,33,34)/b31-27+. The molecule has 184 valence electrons. The van der Waals surface area contributed by atoms with Gasteiger partial charge >= 0.3 is 5.97 Å². The van der Waals surface area contributed by atoms with Crippen LogP contribution in [0.25, 0.3) is 0 Å². The molecular formula is C28H24F2N2O4. The second-order valence-electron chi connectivity index (χ2n) is 7.98. The number of carboxylic acids is 1. The van der Waals surface area contributed by atoms with Crippen molar-refractivity contribution in [1.82, 2.24) is 4.57 Å². The van der Waals surface area contributed by atoms with Crippen LogP contribution in [-0.2, 0) is 17.8 Å². The molecule has 0 bridgehead atoms. The fourth-order valence-corrected chi connectivity index (χ4v) is 3.67. The lowest BCUT2D eigenvalue weighted by Gasteiger charge is -2.11. The van der Waals surface area contributed by atoms with Crippen molar-refractivity contribution in [3.63, 3.8) is 0 Å². The average Bonchev–Trinajstić information content (AvgIpc) is 3.28. The maximum atomic E-state index is 13.3. The molecule has 0 saturated carbocycles. The topological polar surface area (TPSA) is 73.0 Å². The molecule has 1 aromatic heterocycles. The van der Waals surface area contributed by atoms with Crippen molar-refractivity contribution in [1.29, 1.82) is 0 Å². The predicted molar refractivity (Wildman–Crippen MR) is 132 cm³/mol. The van der Waals surface area contributed by atoms with Gasteiger partial charge in [-0.15, -0.1) is 0 Å². The highest BCUT2D eigenvalue weighted by Crippen LogP contribution is 2.23. The van der Waals surface area contributed by atoms with Gasteiger partial charge in [-0.2, -0.15) is 0 Å². The van der Waals surface area contributed by atoms with Crippen LogP contribution in [0, 0.1) is 5.82 Å². The second kappa shape index (κ2) is 11.8. The molecule has 0 radical (unpaired) electrons. The van der Waals surface area contributed by atoms with E-state index in [1.165, 1.54) is 18.3 Å². The molecule has 36 heavy (non-hydrogen) atoms. The molecule has 1 heterocycles. The van der Waals surface area contributed by atoms with Crippen LogP contribution in [0.5, 0.6) is 11.5 Å². The number of hydrogen-bond acceptors (Lipinski definition) is 4. The largest absolute Gasteiger partial charge is 0.478 e. The molecule has 0 spiro atoms. The molecule has 0 amide bonds. The Morgan fingerprint density at radius 3 is 2.42 bits per heavy atom. The number of alkyl halides is 1. The van der Waals surface area contributed by atoms with Gasteiger partial charge < -0.3 is 19.2 Å². The minimum atomic E-state index is -1.07. The van der Waals surface area contributed by atoms with Crippen LogP contribution < -0.4 is 4.74 Å². The molecular weight excluding hydrogens is 466 g/mol. The lowest BCUT2D eigenvalue weighted by Crippen LogP contribution is -2.12. The molecule has 0 aliphatic heterocycles. The summed E-state index contributed by atoms with van der Waals surface area (Å²) >= 11 is 0. The number of aromatic nitrogens is 1. The molecule has 8 heteroatoms. The van der Waals surface area contributed by atoms with Crippen molar-refractivity contribution in [3.8, 4) is 11.5 Å². The summed E-state index contributed by atoms with van der Waals surface area (Å²) in [6.45, 7) is -0.723. The molecule has 6 nitrogen and oxygen atoms in total. The number of nitrogens with zero attached hydrogens (tertiary/aromatic N) is 2. The number of ether oxygens (including phenoxy) is 1. The van der Waals surface area contributed by atoms with E-state index >= 15 is 0 Å². The number of benzene rings is 3. The number of carboxylic acid groups (broad SMARTS) is 1. The molecule has 4 aromatic rings. The van der Waals surface area contributed by atoms with Gasteiger partial charge in [0.25, 0.3) is 0 Å². The van der Waals surface area contributed by atoms with Gasteiger partial charge in [0.2, 0.25) is 0 Å². The molecule has 3 aromatic carbocycles. The molecule has 0 atom stereocenters. The van der Waals surface area contributed by atoms with Gasteiger partial charge in [-0.3, -0.25) is 0 Å². The van der Waals surface area contributed by atoms with Crippen LogP contribution in [0.2, 0.25) is 0 Å². The third-order valence-corrected chi connectivity index (χ3v) is 5.32. The van der Waals surface area contributed by atoms with Crippen LogP contribution >= 0.6 is 0 Å². The summed E-state index contributed by atoms with van der Waals surface area (Å²) in [4.78, 5) is 17.0. The highest BCUT2D eigenvalue weighted by atomic mass is 19.1. The molecule has 0 aliphatic rings. The van der Waals surface area contributed by atoms with Gasteiger partial charge in [0.1, 0.15) is 36.3 Å². The smallest absolute Gasteiger partial charge is 0.337 e. The van der Waals surface area contributed by atoms with E-state index in [4.69, 9.17) is 9.57 Å². The highest BCUT2D eigenvalue weighted by molar-refractivity contribution is 6.00. The van der Waals surface area contributed by atoms with Crippen molar-refractivity contribution in [2.24, 2.45) is 5.16 Å². The number of rotatable bonds is 11. The lowest BCUT2D eigenvalue weighted by molar-refractivity contribution is 0.0696. The summed E-state index contributed by atoms with van der Waals surface area (Å²) in [6.07, 6.45) is 3.54. The lowest BCUT2D eigenvalue weighted by atomic mass is 10.0. The Morgan fingerprint density at radius 1 is 0.944 bits per heavy atom. The summed E-state index contributed by atoms with van der Waals surface area (Å²) in [5.41, 5.74) is 2.61. The summed E-state index contributed by atoms with van der Waals surface area (Å²) in [5, 5.41) is 13.8. The summed E-state index contributed by atoms with van der Waals surface area (Å²) in [7, 11) is 0. The van der Waals surface area contributed by atoms with E-state index in [1.54, 1.807) is 41.1 Å². The summed E-state index contributed by atoms with van der Waals surface area (Å²) in [6, 6.07) is 22.4. The van der Waals surface area contributed by atoms with E-state index in [9.17, 15) is 18.7 Å². The van der Waals surface area contributed by atoms with Crippen LogP contribution in [0.3, 0.4) is 0 Å². The van der Waals surface area contributed by atoms with E-state index in [2.05, 4.69) is 5.16 Å². The van der Waals surface area contributed by atoms with Gasteiger partial charge in [0, 0.05) is 18.0 Å². The molecule has 0 saturated heterocycles. The van der Waals surface area contributed by atoms with Gasteiger partial charge in [-0.1, -0.05) is 47.6 Å². The van der Waals surface area contributed by atoms with Crippen molar-refractivity contribution >= 4 is 11.7 Å². The van der Waals surface area contributed by atoms with E-state index in [1.807, 2.05) is 36.4 Å². The summed E-state index contributed by atoms with van der Waals surface area (Å²) < 4.78 is 33.5. The third kappa shape index (κ3) is 6.56. The first kappa shape index (κ1) is 24.7. The molecule has 1 N–H and O–H groups in total. The Morgan fingerprint density at radius 2 is 1.69 bits per heavy atom.